The van der Waals surface area contributed by atoms with E-state index in [1.54, 1.807) is 10.7 Å². The standard InChI is InChI=1S/C13H13F3N4/c14-13(15,16)9-3-1-2-8(6-9)12-18-11-5-4-10(17)7-20(11)19-12/h1-3,6,10H,4-5,7,17H2. The van der Waals surface area contributed by atoms with E-state index < -0.39 is 11.7 Å². The number of alkyl halides is 3. The molecule has 106 valence electrons. The number of benzene rings is 1. The number of hydrogen-bond acceptors (Lipinski definition) is 3. The zero-order chi connectivity index (χ0) is 14.3. The van der Waals surface area contributed by atoms with Gasteiger partial charge >= 0.3 is 6.18 Å². The lowest BCUT2D eigenvalue weighted by molar-refractivity contribution is -0.137. The molecule has 1 aliphatic heterocycles. The molecule has 0 radical (unpaired) electrons. The first-order chi connectivity index (χ1) is 9.43. The van der Waals surface area contributed by atoms with E-state index in [1.165, 1.54) is 6.07 Å². The average molecular weight is 282 g/mol. The summed E-state index contributed by atoms with van der Waals surface area (Å²) in [5.41, 5.74) is 5.52. The summed E-state index contributed by atoms with van der Waals surface area (Å²) in [5, 5.41) is 4.25. The first-order valence-corrected chi connectivity index (χ1v) is 6.30. The van der Waals surface area contributed by atoms with E-state index in [0.29, 0.717) is 24.4 Å². The Morgan fingerprint density at radius 2 is 2.10 bits per heavy atom. The average Bonchev–Trinajstić information content (AvgIpc) is 2.81. The van der Waals surface area contributed by atoms with Crippen LogP contribution in [0.15, 0.2) is 24.3 Å². The number of hydrogen-bond donors (Lipinski definition) is 1. The maximum Gasteiger partial charge on any atom is 0.416 e. The fraction of sp³-hybridized carbons (Fsp3) is 0.385. The van der Waals surface area contributed by atoms with E-state index in [1.807, 2.05) is 0 Å². The van der Waals surface area contributed by atoms with Crippen molar-refractivity contribution in [1.82, 2.24) is 14.8 Å². The third-order valence-electron chi connectivity index (χ3n) is 3.34. The third kappa shape index (κ3) is 2.40. The second-order valence-electron chi connectivity index (χ2n) is 4.91. The summed E-state index contributed by atoms with van der Waals surface area (Å²) in [7, 11) is 0. The van der Waals surface area contributed by atoms with Crippen molar-refractivity contribution in [3.05, 3.63) is 35.7 Å². The lowest BCUT2D eigenvalue weighted by atomic mass is 10.1. The van der Waals surface area contributed by atoms with Crippen LogP contribution >= 0.6 is 0 Å². The molecule has 20 heavy (non-hydrogen) atoms. The number of nitrogens with zero attached hydrogens (tertiary/aromatic N) is 3. The Kier molecular flexibility index (Phi) is 3.01. The molecule has 1 atom stereocenters. The Bertz CT molecular complexity index is 633. The largest absolute Gasteiger partial charge is 0.416 e. The number of nitrogens with two attached hydrogens (primary N) is 1. The van der Waals surface area contributed by atoms with Gasteiger partial charge in [0.1, 0.15) is 5.82 Å². The molecular weight excluding hydrogens is 269 g/mol. The van der Waals surface area contributed by atoms with Crippen molar-refractivity contribution in [3.8, 4) is 11.4 Å². The van der Waals surface area contributed by atoms with Gasteiger partial charge in [-0.3, -0.25) is 0 Å². The van der Waals surface area contributed by atoms with Crippen LogP contribution in [0.2, 0.25) is 0 Å². The first kappa shape index (κ1) is 13.1. The van der Waals surface area contributed by atoms with E-state index in [-0.39, 0.29) is 6.04 Å². The Balaban J connectivity index is 1.98. The van der Waals surface area contributed by atoms with E-state index >= 15 is 0 Å². The quantitative estimate of drug-likeness (QED) is 0.872. The molecule has 3 rings (SSSR count). The van der Waals surface area contributed by atoms with Crippen LogP contribution in [0.3, 0.4) is 0 Å². The number of aromatic nitrogens is 3. The second-order valence-corrected chi connectivity index (χ2v) is 4.91. The van der Waals surface area contributed by atoms with Crippen molar-refractivity contribution in [2.75, 3.05) is 0 Å². The molecule has 0 spiro atoms. The van der Waals surface area contributed by atoms with Gasteiger partial charge in [-0.2, -0.15) is 18.3 Å². The number of halogens is 3. The normalized spacial score (nSPS) is 18.9. The highest BCUT2D eigenvalue weighted by atomic mass is 19.4. The number of rotatable bonds is 1. The van der Waals surface area contributed by atoms with Crippen molar-refractivity contribution in [2.24, 2.45) is 5.73 Å². The van der Waals surface area contributed by atoms with Gasteiger partial charge in [-0.15, -0.1) is 0 Å². The van der Waals surface area contributed by atoms with Crippen molar-refractivity contribution >= 4 is 0 Å². The van der Waals surface area contributed by atoms with Gasteiger partial charge in [-0.1, -0.05) is 12.1 Å². The third-order valence-corrected chi connectivity index (χ3v) is 3.34. The van der Waals surface area contributed by atoms with Crippen molar-refractivity contribution in [2.45, 2.75) is 31.6 Å². The zero-order valence-electron chi connectivity index (χ0n) is 10.6. The highest BCUT2D eigenvalue weighted by molar-refractivity contribution is 5.56. The molecule has 0 saturated heterocycles. The highest BCUT2D eigenvalue weighted by Gasteiger charge is 2.31. The first-order valence-electron chi connectivity index (χ1n) is 6.30. The summed E-state index contributed by atoms with van der Waals surface area (Å²) in [4.78, 5) is 4.31. The van der Waals surface area contributed by atoms with E-state index in [0.717, 1.165) is 24.4 Å². The Hall–Kier alpha value is -1.89. The lowest BCUT2D eigenvalue weighted by Gasteiger charge is -2.17. The van der Waals surface area contributed by atoms with Gasteiger partial charge in [0.15, 0.2) is 5.82 Å². The monoisotopic (exact) mass is 282 g/mol. The molecule has 7 heteroatoms. The van der Waals surface area contributed by atoms with Gasteiger partial charge in [0.05, 0.1) is 12.1 Å². The van der Waals surface area contributed by atoms with Crippen molar-refractivity contribution < 1.29 is 13.2 Å². The summed E-state index contributed by atoms with van der Waals surface area (Å²) < 4.78 is 39.8. The Morgan fingerprint density at radius 1 is 1.30 bits per heavy atom. The Morgan fingerprint density at radius 3 is 2.85 bits per heavy atom. The van der Waals surface area contributed by atoms with Gasteiger partial charge in [0.2, 0.25) is 0 Å². The summed E-state index contributed by atoms with van der Waals surface area (Å²) in [6, 6.07) is 5.08. The van der Waals surface area contributed by atoms with Crippen LogP contribution in [-0.2, 0) is 19.1 Å². The van der Waals surface area contributed by atoms with Gasteiger partial charge in [0, 0.05) is 18.0 Å². The molecule has 1 aliphatic rings. The SMILES string of the molecule is NC1CCc2nc(-c3cccc(C(F)(F)F)c3)nn2C1. The zero-order valence-corrected chi connectivity index (χ0v) is 10.6. The minimum Gasteiger partial charge on any atom is -0.326 e. The van der Waals surface area contributed by atoms with Crippen LogP contribution in [0, 0.1) is 0 Å². The minimum absolute atomic E-state index is 0.0264. The number of aryl methyl sites for hydroxylation is 1. The van der Waals surface area contributed by atoms with Gasteiger partial charge in [-0.05, 0) is 18.6 Å². The van der Waals surface area contributed by atoms with Crippen LogP contribution in [-0.4, -0.2) is 20.8 Å². The molecule has 0 amide bonds. The van der Waals surface area contributed by atoms with E-state index in [9.17, 15) is 13.2 Å². The molecule has 2 heterocycles. The molecule has 0 bridgehead atoms. The number of fused-ring (bicyclic) bond motifs is 1. The van der Waals surface area contributed by atoms with Crippen LogP contribution in [0.25, 0.3) is 11.4 Å². The molecule has 0 saturated carbocycles. The fourth-order valence-electron chi connectivity index (χ4n) is 2.29. The molecule has 2 aromatic rings. The van der Waals surface area contributed by atoms with Crippen molar-refractivity contribution in [1.29, 1.82) is 0 Å². The van der Waals surface area contributed by atoms with Crippen LogP contribution in [0.1, 0.15) is 17.8 Å². The molecule has 4 nitrogen and oxygen atoms in total. The summed E-state index contributed by atoms with van der Waals surface area (Å²) in [6.45, 7) is 0.557. The van der Waals surface area contributed by atoms with Crippen LogP contribution in [0.4, 0.5) is 13.2 Å². The maximum atomic E-state index is 12.7. The van der Waals surface area contributed by atoms with Crippen molar-refractivity contribution in [3.63, 3.8) is 0 Å². The maximum absolute atomic E-state index is 12.7. The highest BCUT2D eigenvalue weighted by Crippen LogP contribution is 2.31. The molecular formula is C13H13F3N4. The summed E-state index contributed by atoms with van der Waals surface area (Å²) in [5.74, 6) is 1.10. The topological polar surface area (TPSA) is 56.7 Å². The molecule has 0 aliphatic carbocycles. The van der Waals surface area contributed by atoms with Gasteiger partial charge in [-0.25, -0.2) is 9.67 Å². The van der Waals surface area contributed by atoms with E-state index in [2.05, 4.69) is 10.1 Å². The smallest absolute Gasteiger partial charge is 0.326 e. The van der Waals surface area contributed by atoms with Gasteiger partial charge < -0.3 is 5.73 Å². The molecule has 0 fully saturated rings. The fourth-order valence-corrected chi connectivity index (χ4v) is 2.29. The lowest BCUT2D eigenvalue weighted by Crippen LogP contribution is -2.32. The van der Waals surface area contributed by atoms with E-state index in [4.69, 9.17) is 5.73 Å². The molecule has 1 aromatic carbocycles. The predicted octanol–water partition coefficient (Wildman–Crippen LogP) is 2.24. The van der Waals surface area contributed by atoms with Gasteiger partial charge in [0.25, 0.3) is 0 Å². The Labute approximate surface area is 113 Å². The molecule has 1 aromatic heterocycles. The predicted molar refractivity (Wildman–Crippen MR) is 66.8 cm³/mol. The van der Waals surface area contributed by atoms with Crippen LogP contribution < -0.4 is 5.73 Å². The summed E-state index contributed by atoms with van der Waals surface area (Å²) >= 11 is 0. The molecule has 1 unspecified atom stereocenters. The van der Waals surface area contributed by atoms with Crippen LogP contribution in [0.5, 0.6) is 0 Å². The molecule has 2 N–H and O–H groups in total. The second kappa shape index (κ2) is 4.59. The summed E-state index contributed by atoms with van der Waals surface area (Å²) in [6.07, 6.45) is -2.84. The minimum atomic E-state index is -4.36.